The van der Waals surface area contributed by atoms with Crippen LogP contribution in [-0.2, 0) is 9.53 Å². The summed E-state index contributed by atoms with van der Waals surface area (Å²) in [7, 11) is 1.32. The zero-order chi connectivity index (χ0) is 14.0. The average molecular weight is 264 g/mol. The molecule has 1 aliphatic heterocycles. The van der Waals surface area contributed by atoms with Crippen molar-refractivity contribution in [1.29, 1.82) is 0 Å². The van der Waals surface area contributed by atoms with E-state index in [-0.39, 0.29) is 6.54 Å². The van der Waals surface area contributed by atoms with Crippen molar-refractivity contribution < 1.29 is 19.4 Å². The van der Waals surface area contributed by atoms with E-state index < -0.39 is 17.5 Å². The molecule has 0 radical (unpaired) electrons. The Balaban J connectivity index is 2.20. The van der Waals surface area contributed by atoms with Crippen LogP contribution in [0.2, 0.25) is 0 Å². The van der Waals surface area contributed by atoms with Crippen LogP contribution in [0.3, 0.4) is 0 Å². The second-order valence-corrected chi connectivity index (χ2v) is 4.67. The number of nitrogens with two attached hydrogens (primary N) is 1. The van der Waals surface area contributed by atoms with Gasteiger partial charge in [0, 0.05) is 18.8 Å². The Morgan fingerprint density at radius 1 is 1.47 bits per heavy atom. The van der Waals surface area contributed by atoms with Crippen LogP contribution < -0.4 is 10.6 Å². The molecule has 0 spiro atoms. The molecule has 1 unspecified atom stereocenters. The number of rotatable bonds is 3. The number of aliphatic carboxylic acids is 1. The maximum Gasteiger partial charge on any atom is 0.337 e. The van der Waals surface area contributed by atoms with Crippen molar-refractivity contribution in [2.75, 3.05) is 25.1 Å². The van der Waals surface area contributed by atoms with Crippen molar-refractivity contribution in [3.63, 3.8) is 0 Å². The summed E-state index contributed by atoms with van der Waals surface area (Å²) in [5, 5.41) is 9.09. The standard InChI is InChI=1S/C13H16N2O4/c1-19-11(16)9-3-2-4-10(7-9)15-6-5-13(14,8-15)12(17)18/h2-4,7H,5-6,8,14H2,1H3,(H,17,18). The number of methoxy groups -OCH3 is 1. The van der Waals surface area contributed by atoms with E-state index >= 15 is 0 Å². The third kappa shape index (κ3) is 2.53. The van der Waals surface area contributed by atoms with Gasteiger partial charge in [0.05, 0.1) is 12.7 Å². The molecule has 6 nitrogen and oxygen atoms in total. The van der Waals surface area contributed by atoms with Gasteiger partial charge in [-0.15, -0.1) is 0 Å². The number of benzene rings is 1. The van der Waals surface area contributed by atoms with Crippen molar-refractivity contribution in [3.05, 3.63) is 29.8 Å². The van der Waals surface area contributed by atoms with E-state index in [4.69, 9.17) is 10.8 Å². The fourth-order valence-corrected chi connectivity index (χ4v) is 2.18. The Bertz CT molecular complexity index is 517. The predicted octanol–water partition coefficient (Wildman–Crippen LogP) is 0.465. The number of anilines is 1. The first-order valence-electron chi connectivity index (χ1n) is 5.92. The van der Waals surface area contributed by atoms with Crippen molar-refractivity contribution in [1.82, 2.24) is 0 Å². The van der Waals surface area contributed by atoms with E-state index in [0.717, 1.165) is 5.69 Å². The topological polar surface area (TPSA) is 92.9 Å². The molecule has 19 heavy (non-hydrogen) atoms. The summed E-state index contributed by atoms with van der Waals surface area (Å²) in [5.41, 5.74) is 5.81. The molecule has 102 valence electrons. The van der Waals surface area contributed by atoms with Crippen LogP contribution in [0, 0.1) is 0 Å². The highest BCUT2D eigenvalue weighted by Crippen LogP contribution is 2.26. The van der Waals surface area contributed by atoms with Gasteiger partial charge in [-0.05, 0) is 24.6 Å². The van der Waals surface area contributed by atoms with Gasteiger partial charge in [0.1, 0.15) is 5.54 Å². The SMILES string of the molecule is COC(=O)c1cccc(N2CCC(N)(C(=O)O)C2)c1. The lowest BCUT2D eigenvalue weighted by Crippen LogP contribution is -2.50. The maximum absolute atomic E-state index is 11.5. The third-order valence-electron chi connectivity index (χ3n) is 3.36. The lowest BCUT2D eigenvalue weighted by Gasteiger charge is -2.22. The summed E-state index contributed by atoms with van der Waals surface area (Å²) < 4.78 is 4.66. The van der Waals surface area contributed by atoms with Gasteiger partial charge in [0.2, 0.25) is 0 Å². The molecule has 0 bridgehead atoms. The smallest absolute Gasteiger partial charge is 0.337 e. The first-order valence-corrected chi connectivity index (χ1v) is 5.92. The number of carbonyl (C=O) groups is 2. The molecule has 3 N–H and O–H groups in total. The molecule has 6 heteroatoms. The summed E-state index contributed by atoms with van der Waals surface area (Å²) in [6, 6.07) is 6.89. The number of ether oxygens (including phenoxy) is 1. The van der Waals surface area contributed by atoms with Crippen LogP contribution in [-0.4, -0.2) is 42.8 Å². The molecule has 1 atom stereocenters. The molecule has 1 heterocycles. The lowest BCUT2D eigenvalue weighted by molar-refractivity contribution is -0.142. The van der Waals surface area contributed by atoms with Crippen LogP contribution in [0.1, 0.15) is 16.8 Å². The number of nitrogens with zero attached hydrogens (tertiary/aromatic N) is 1. The molecular formula is C13H16N2O4. The van der Waals surface area contributed by atoms with Crippen molar-refractivity contribution >= 4 is 17.6 Å². The van der Waals surface area contributed by atoms with Crippen LogP contribution in [0.4, 0.5) is 5.69 Å². The minimum atomic E-state index is -1.22. The highest BCUT2D eigenvalue weighted by molar-refractivity contribution is 5.90. The van der Waals surface area contributed by atoms with Gasteiger partial charge in [-0.2, -0.15) is 0 Å². The molecular weight excluding hydrogens is 248 g/mol. The molecule has 1 fully saturated rings. The summed E-state index contributed by atoms with van der Waals surface area (Å²) in [6.07, 6.45) is 0.380. The van der Waals surface area contributed by atoms with E-state index in [2.05, 4.69) is 4.74 Å². The number of carbonyl (C=O) groups excluding carboxylic acids is 1. The second kappa shape index (κ2) is 4.89. The van der Waals surface area contributed by atoms with Crippen molar-refractivity contribution in [2.45, 2.75) is 12.0 Å². The molecule has 0 amide bonds. The molecule has 0 aromatic heterocycles. The van der Waals surface area contributed by atoms with Crippen molar-refractivity contribution in [3.8, 4) is 0 Å². The molecule has 1 aliphatic rings. The lowest BCUT2D eigenvalue weighted by atomic mass is 10.0. The van der Waals surface area contributed by atoms with Gasteiger partial charge in [0.25, 0.3) is 0 Å². The Morgan fingerprint density at radius 2 is 2.21 bits per heavy atom. The zero-order valence-electron chi connectivity index (χ0n) is 10.6. The minimum Gasteiger partial charge on any atom is -0.480 e. The molecule has 0 saturated carbocycles. The van der Waals surface area contributed by atoms with E-state index in [9.17, 15) is 9.59 Å². The number of carboxylic acids is 1. The Kier molecular flexibility index (Phi) is 3.44. The Morgan fingerprint density at radius 3 is 2.79 bits per heavy atom. The third-order valence-corrected chi connectivity index (χ3v) is 3.36. The number of hydrogen-bond donors (Lipinski definition) is 2. The van der Waals surface area contributed by atoms with Gasteiger partial charge in [-0.3, -0.25) is 4.79 Å². The molecule has 1 aromatic rings. The normalized spacial score (nSPS) is 22.3. The maximum atomic E-state index is 11.5. The fourth-order valence-electron chi connectivity index (χ4n) is 2.18. The van der Waals surface area contributed by atoms with Gasteiger partial charge in [-0.1, -0.05) is 6.07 Å². The number of hydrogen-bond acceptors (Lipinski definition) is 5. The van der Waals surface area contributed by atoms with Crippen LogP contribution >= 0.6 is 0 Å². The average Bonchev–Trinajstić information content (AvgIpc) is 2.82. The van der Waals surface area contributed by atoms with Gasteiger partial charge in [0.15, 0.2) is 0 Å². The quantitative estimate of drug-likeness (QED) is 0.771. The van der Waals surface area contributed by atoms with Crippen LogP contribution in [0.25, 0.3) is 0 Å². The summed E-state index contributed by atoms with van der Waals surface area (Å²) in [6.45, 7) is 0.778. The summed E-state index contributed by atoms with van der Waals surface area (Å²) >= 11 is 0. The van der Waals surface area contributed by atoms with Gasteiger partial charge in [-0.25, -0.2) is 4.79 Å². The zero-order valence-corrected chi connectivity index (χ0v) is 10.6. The summed E-state index contributed by atoms with van der Waals surface area (Å²) in [5.74, 6) is -1.42. The monoisotopic (exact) mass is 264 g/mol. The number of carboxylic acid groups (broad SMARTS) is 1. The van der Waals surface area contributed by atoms with E-state index in [1.54, 1.807) is 18.2 Å². The van der Waals surface area contributed by atoms with E-state index in [0.29, 0.717) is 18.5 Å². The summed E-state index contributed by atoms with van der Waals surface area (Å²) in [4.78, 5) is 24.4. The van der Waals surface area contributed by atoms with E-state index in [1.165, 1.54) is 7.11 Å². The molecule has 0 aliphatic carbocycles. The first-order chi connectivity index (χ1) is 8.96. The van der Waals surface area contributed by atoms with Crippen LogP contribution in [0.15, 0.2) is 24.3 Å². The fraction of sp³-hybridized carbons (Fsp3) is 0.385. The molecule has 1 saturated heterocycles. The predicted molar refractivity (Wildman–Crippen MR) is 69.2 cm³/mol. The first kappa shape index (κ1) is 13.4. The van der Waals surface area contributed by atoms with E-state index in [1.807, 2.05) is 11.0 Å². The van der Waals surface area contributed by atoms with Gasteiger partial charge < -0.3 is 20.5 Å². The number of esters is 1. The largest absolute Gasteiger partial charge is 0.480 e. The Hall–Kier alpha value is -2.08. The highest BCUT2D eigenvalue weighted by atomic mass is 16.5. The molecule has 1 aromatic carbocycles. The van der Waals surface area contributed by atoms with Gasteiger partial charge >= 0.3 is 11.9 Å². The second-order valence-electron chi connectivity index (χ2n) is 4.67. The van der Waals surface area contributed by atoms with Crippen LogP contribution in [0.5, 0.6) is 0 Å². The van der Waals surface area contributed by atoms with Crippen molar-refractivity contribution in [2.24, 2.45) is 5.73 Å². The Labute approximate surface area is 110 Å². The highest BCUT2D eigenvalue weighted by Gasteiger charge is 2.41. The minimum absolute atomic E-state index is 0.229. The molecule has 2 rings (SSSR count).